The molecule has 5 nitrogen and oxygen atoms in total. The molecular weight excluding hydrogens is 359 g/mol. The number of carbonyl (C=O) groups is 2. The van der Waals surface area contributed by atoms with Gasteiger partial charge in [0.15, 0.2) is 0 Å². The molecule has 0 aliphatic carbocycles. The monoisotopic (exact) mass is 381 g/mol. The maximum absolute atomic E-state index is 12.5. The number of halogens is 4. The molecule has 0 bridgehead atoms. The predicted molar refractivity (Wildman–Crippen MR) is 91.5 cm³/mol. The maximum atomic E-state index is 12.5. The van der Waals surface area contributed by atoms with E-state index >= 15 is 0 Å². The van der Waals surface area contributed by atoms with Gasteiger partial charge in [0.05, 0.1) is 12.1 Å². The third kappa shape index (κ3) is 8.22. The number of unbranched alkanes of at least 4 members (excludes halogenated alkanes) is 1. The normalized spacial score (nSPS) is 12.0. The van der Waals surface area contributed by atoms with Gasteiger partial charge in [-0.15, -0.1) is 12.4 Å². The third-order valence-corrected chi connectivity index (χ3v) is 3.44. The van der Waals surface area contributed by atoms with E-state index in [9.17, 15) is 22.8 Å². The molecule has 142 valence electrons. The molecule has 9 heteroatoms. The number of nitrogens with one attached hydrogen (secondary N) is 2. The van der Waals surface area contributed by atoms with Crippen LogP contribution in [0.25, 0.3) is 0 Å². The topological polar surface area (TPSA) is 84.2 Å². The fourth-order valence-electron chi connectivity index (χ4n) is 2.05. The van der Waals surface area contributed by atoms with Crippen LogP contribution < -0.4 is 16.4 Å². The van der Waals surface area contributed by atoms with Crippen molar-refractivity contribution < 1.29 is 22.8 Å². The standard InChI is InChI=1S/C16H22F3N3O2.ClH/c1-2-3-4-13(9-20)22-14(23)10-21-15(24)11-5-7-12(8-6-11)16(17,18)19;/h5-8,13H,2-4,9-10,20H2,1H3,(H,21,24)(H,22,23);1H. The number of hydrogen-bond acceptors (Lipinski definition) is 3. The van der Waals surface area contributed by atoms with Crippen LogP contribution in [-0.2, 0) is 11.0 Å². The third-order valence-electron chi connectivity index (χ3n) is 3.44. The highest BCUT2D eigenvalue weighted by Gasteiger charge is 2.30. The van der Waals surface area contributed by atoms with Gasteiger partial charge in [-0.1, -0.05) is 19.8 Å². The lowest BCUT2D eigenvalue weighted by Gasteiger charge is -2.16. The quantitative estimate of drug-likeness (QED) is 0.646. The molecule has 0 saturated carbocycles. The lowest BCUT2D eigenvalue weighted by molar-refractivity contribution is -0.137. The summed E-state index contributed by atoms with van der Waals surface area (Å²) < 4.78 is 37.4. The SMILES string of the molecule is CCCCC(CN)NC(=O)CNC(=O)c1ccc(C(F)(F)F)cc1.Cl. The zero-order chi connectivity index (χ0) is 18.2. The maximum Gasteiger partial charge on any atom is 0.416 e. The second-order valence-corrected chi connectivity index (χ2v) is 5.40. The summed E-state index contributed by atoms with van der Waals surface area (Å²) in [6.45, 7) is 2.07. The Morgan fingerprint density at radius 2 is 1.80 bits per heavy atom. The van der Waals surface area contributed by atoms with Crippen LogP contribution >= 0.6 is 12.4 Å². The zero-order valence-electron chi connectivity index (χ0n) is 13.9. The van der Waals surface area contributed by atoms with Crippen LogP contribution in [0.1, 0.15) is 42.1 Å². The first kappa shape index (κ1) is 23.2. The van der Waals surface area contributed by atoms with Gasteiger partial charge in [-0.2, -0.15) is 13.2 Å². The first-order chi connectivity index (χ1) is 11.3. The minimum Gasteiger partial charge on any atom is -0.351 e. The van der Waals surface area contributed by atoms with Crippen LogP contribution in [0.3, 0.4) is 0 Å². The molecule has 0 radical (unpaired) electrons. The van der Waals surface area contributed by atoms with E-state index in [1.165, 1.54) is 0 Å². The van der Waals surface area contributed by atoms with Gasteiger partial charge in [-0.3, -0.25) is 9.59 Å². The summed E-state index contributed by atoms with van der Waals surface area (Å²) in [4.78, 5) is 23.6. The van der Waals surface area contributed by atoms with Crippen molar-refractivity contribution in [3.8, 4) is 0 Å². The second kappa shape index (κ2) is 10.9. The molecule has 0 fully saturated rings. The molecule has 1 aromatic carbocycles. The number of nitrogens with two attached hydrogens (primary N) is 1. The average molecular weight is 382 g/mol. The van der Waals surface area contributed by atoms with Gasteiger partial charge in [-0.05, 0) is 30.7 Å². The Balaban J connectivity index is 0.00000576. The molecule has 4 N–H and O–H groups in total. The lowest BCUT2D eigenvalue weighted by atomic mass is 10.1. The summed E-state index contributed by atoms with van der Waals surface area (Å²) in [7, 11) is 0. The Morgan fingerprint density at radius 1 is 1.20 bits per heavy atom. The van der Waals surface area contributed by atoms with Crippen LogP contribution in [-0.4, -0.2) is 30.9 Å². The smallest absolute Gasteiger partial charge is 0.351 e. The van der Waals surface area contributed by atoms with Crippen molar-refractivity contribution in [3.05, 3.63) is 35.4 Å². The van der Waals surface area contributed by atoms with E-state index in [1.807, 2.05) is 6.92 Å². The van der Waals surface area contributed by atoms with Gasteiger partial charge in [0.2, 0.25) is 5.91 Å². The van der Waals surface area contributed by atoms with Gasteiger partial charge < -0.3 is 16.4 Å². The van der Waals surface area contributed by atoms with Crippen molar-refractivity contribution >= 4 is 24.2 Å². The number of amides is 2. The van der Waals surface area contributed by atoms with Crippen LogP contribution in [0.5, 0.6) is 0 Å². The average Bonchev–Trinajstić information content (AvgIpc) is 2.55. The fraction of sp³-hybridized carbons (Fsp3) is 0.500. The number of carbonyl (C=O) groups excluding carboxylic acids is 2. The molecule has 0 aliphatic heterocycles. The Kier molecular flexibility index (Phi) is 10.2. The molecule has 2 amide bonds. The number of hydrogen-bond donors (Lipinski definition) is 3. The summed E-state index contributed by atoms with van der Waals surface area (Å²) in [6.07, 6.45) is -1.78. The largest absolute Gasteiger partial charge is 0.416 e. The molecule has 25 heavy (non-hydrogen) atoms. The van der Waals surface area contributed by atoms with Crippen molar-refractivity contribution in [3.63, 3.8) is 0 Å². The summed E-state index contributed by atoms with van der Waals surface area (Å²) in [6, 6.07) is 3.63. The van der Waals surface area contributed by atoms with Crippen LogP contribution in [0.4, 0.5) is 13.2 Å². The van der Waals surface area contributed by atoms with Gasteiger partial charge in [0, 0.05) is 18.2 Å². The van der Waals surface area contributed by atoms with Gasteiger partial charge >= 0.3 is 6.18 Å². The fourth-order valence-corrected chi connectivity index (χ4v) is 2.05. The molecule has 0 spiro atoms. The van der Waals surface area contributed by atoms with Gasteiger partial charge in [-0.25, -0.2) is 0 Å². The minimum atomic E-state index is -4.45. The predicted octanol–water partition coefficient (Wildman–Crippen LogP) is 2.49. The molecule has 0 saturated heterocycles. The molecular formula is C16H23ClF3N3O2. The first-order valence-electron chi connectivity index (χ1n) is 7.72. The highest BCUT2D eigenvalue weighted by molar-refractivity contribution is 5.96. The summed E-state index contributed by atoms with van der Waals surface area (Å²) in [5.74, 6) is -1.00. The Morgan fingerprint density at radius 3 is 2.28 bits per heavy atom. The van der Waals surface area contributed by atoms with E-state index in [0.29, 0.717) is 6.54 Å². The van der Waals surface area contributed by atoms with Crippen LogP contribution in [0.15, 0.2) is 24.3 Å². The highest BCUT2D eigenvalue weighted by atomic mass is 35.5. The van der Waals surface area contributed by atoms with E-state index in [0.717, 1.165) is 43.5 Å². The number of rotatable bonds is 8. The lowest BCUT2D eigenvalue weighted by Crippen LogP contribution is -2.45. The Bertz CT molecular complexity index is 551. The van der Waals surface area contributed by atoms with E-state index in [1.54, 1.807) is 0 Å². The Hall–Kier alpha value is -1.80. The van der Waals surface area contributed by atoms with E-state index < -0.39 is 17.6 Å². The zero-order valence-corrected chi connectivity index (χ0v) is 14.7. The number of alkyl halides is 3. The van der Waals surface area contributed by atoms with Gasteiger partial charge in [0.1, 0.15) is 0 Å². The van der Waals surface area contributed by atoms with Crippen LogP contribution in [0, 0.1) is 0 Å². The van der Waals surface area contributed by atoms with Crippen molar-refractivity contribution in [1.82, 2.24) is 10.6 Å². The number of benzene rings is 1. The summed E-state index contributed by atoms with van der Waals surface area (Å²) in [5.41, 5.74) is 4.78. The van der Waals surface area contributed by atoms with Gasteiger partial charge in [0.25, 0.3) is 5.91 Å². The van der Waals surface area contributed by atoms with E-state index in [2.05, 4.69) is 10.6 Å². The van der Waals surface area contributed by atoms with Crippen molar-refractivity contribution in [2.24, 2.45) is 5.73 Å². The molecule has 1 atom stereocenters. The van der Waals surface area contributed by atoms with Crippen molar-refractivity contribution in [2.75, 3.05) is 13.1 Å². The van der Waals surface area contributed by atoms with Crippen molar-refractivity contribution in [1.29, 1.82) is 0 Å². The molecule has 1 unspecified atom stereocenters. The summed E-state index contributed by atoms with van der Waals surface area (Å²) >= 11 is 0. The minimum absolute atomic E-state index is 0. The first-order valence-corrected chi connectivity index (χ1v) is 7.72. The molecule has 1 rings (SSSR count). The highest BCUT2D eigenvalue weighted by Crippen LogP contribution is 2.28. The second-order valence-electron chi connectivity index (χ2n) is 5.40. The molecule has 0 heterocycles. The van der Waals surface area contributed by atoms with Crippen LogP contribution in [0.2, 0.25) is 0 Å². The molecule has 0 aliphatic rings. The van der Waals surface area contributed by atoms with Crippen molar-refractivity contribution in [2.45, 2.75) is 38.4 Å². The van der Waals surface area contributed by atoms with E-state index in [4.69, 9.17) is 5.73 Å². The van der Waals surface area contributed by atoms with E-state index in [-0.39, 0.29) is 36.5 Å². The summed E-state index contributed by atoms with van der Waals surface area (Å²) in [5, 5.41) is 5.08. The molecule has 0 aromatic heterocycles. The molecule has 1 aromatic rings. The Labute approximate surface area is 150 Å².